The topological polar surface area (TPSA) is 42.4 Å². The molecule has 0 saturated carbocycles. The third-order valence-electron chi connectivity index (χ3n) is 6.16. The molecule has 4 aromatic rings. The van der Waals surface area contributed by atoms with Crippen LogP contribution in [0.4, 0.5) is 39.5 Å². The summed E-state index contributed by atoms with van der Waals surface area (Å²) in [6.07, 6.45) is -15.8. The number of rotatable bonds is 8. The maximum absolute atomic E-state index is 14.3. The van der Waals surface area contributed by atoms with Crippen LogP contribution in [0, 0.1) is 5.82 Å². The van der Waals surface area contributed by atoms with Crippen molar-refractivity contribution in [2.75, 3.05) is 0 Å². The highest BCUT2D eigenvalue weighted by Gasteiger charge is 2.41. The van der Waals surface area contributed by atoms with E-state index in [1.807, 2.05) is 0 Å². The average molecular weight is 585 g/mol. The van der Waals surface area contributed by atoms with Crippen LogP contribution < -0.4 is 0 Å². The molecule has 216 valence electrons. The highest BCUT2D eigenvalue weighted by molar-refractivity contribution is 5.74. The molecule has 1 heterocycles. The van der Waals surface area contributed by atoms with Crippen molar-refractivity contribution in [2.45, 2.75) is 38.1 Å². The molecule has 0 spiro atoms. The SMILES string of the molecule is OC(c1ccc(C(F)(F)F)cc1)c1c(C(F)F)nc(C(F)(F)F)c(COCc2ccccc2)c1-c1ccc(F)cc1. The highest BCUT2D eigenvalue weighted by Crippen LogP contribution is 2.45. The zero-order valence-electron chi connectivity index (χ0n) is 20.8. The van der Waals surface area contributed by atoms with Gasteiger partial charge in [0.1, 0.15) is 17.6 Å². The van der Waals surface area contributed by atoms with Gasteiger partial charge >= 0.3 is 12.4 Å². The molecule has 0 amide bonds. The lowest BCUT2D eigenvalue weighted by Gasteiger charge is -2.25. The molecule has 3 nitrogen and oxygen atoms in total. The first-order valence-electron chi connectivity index (χ1n) is 11.9. The summed E-state index contributed by atoms with van der Waals surface area (Å²) in [5.41, 5.74) is -6.19. The van der Waals surface area contributed by atoms with Crippen LogP contribution in [-0.2, 0) is 30.3 Å². The van der Waals surface area contributed by atoms with Gasteiger partial charge in [0.05, 0.1) is 18.8 Å². The van der Waals surface area contributed by atoms with Crippen molar-refractivity contribution in [2.24, 2.45) is 0 Å². The standard InChI is InChI=1S/C29H20F9NO2/c30-20-12-8-17(9-13-20)22-21(15-41-14-16-4-2-1-3-5-16)26(29(36,37)38)39-24(27(31)32)23(22)25(40)18-6-10-19(11-7-18)28(33,34)35/h1-13,25,27,40H,14-15H2. The fourth-order valence-corrected chi connectivity index (χ4v) is 4.29. The van der Waals surface area contributed by atoms with E-state index >= 15 is 0 Å². The number of aromatic nitrogens is 1. The Labute approximate surface area is 227 Å². The summed E-state index contributed by atoms with van der Waals surface area (Å²) in [6.45, 7) is -0.978. The molecule has 3 aromatic carbocycles. The summed E-state index contributed by atoms with van der Waals surface area (Å²) in [5, 5.41) is 11.2. The van der Waals surface area contributed by atoms with Crippen LogP contribution in [0.15, 0.2) is 78.9 Å². The number of alkyl halides is 8. The molecule has 41 heavy (non-hydrogen) atoms. The van der Waals surface area contributed by atoms with E-state index in [0.29, 0.717) is 17.7 Å². The monoisotopic (exact) mass is 585 g/mol. The van der Waals surface area contributed by atoms with Gasteiger partial charge in [-0.1, -0.05) is 54.6 Å². The predicted molar refractivity (Wildman–Crippen MR) is 130 cm³/mol. The van der Waals surface area contributed by atoms with E-state index in [1.54, 1.807) is 30.3 Å². The summed E-state index contributed by atoms with van der Waals surface area (Å²) in [4.78, 5) is 3.21. The quantitative estimate of drug-likeness (QED) is 0.211. The van der Waals surface area contributed by atoms with Crippen molar-refractivity contribution in [3.63, 3.8) is 0 Å². The smallest absolute Gasteiger partial charge is 0.384 e. The number of benzene rings is 3. The van der Waals surface area contributed by atoms with Crippen molar-refractivity contribution < 1.29 is 49.4 Å². The van der Waals surface area contributed by atoms with Crippen molar-refractivity contribution in [1.82, 2.24) is 4.98 Å². The van der Waals surface area contributed by atoms with Gasteiger partial charge in [0.25, 0.3) is 6.43 Å². The van der Waals surface area contributed by atoms with E-state index in [2.05, 4.69) is 4.98 Å². The number of aliphatic hydroxyl groups is 1. The normalized spacial score (nSPS) is 13.0. The molecule has 0 fully saturated rings. The summed E-state index contributed by atoms with van der Waals surface area (Å²) in [5.74, 6) is -0.778. The first-order chi connectivity index (χ1) is 19.3. The Morgan fingerprint density at radius 3 is 1.90 bits per heavy atom. The minimum Gasteiger partial charge on any atom is -0.384 e. The number of ether oxygens (including phenoxy) is 1. The molecule has 0 aliphatic carbocycles. The van der Waals surface area contributed by atoms with Crippen LogP contribution in [0.25, 0.3) is 11.1 Å². The largest absolute Gasteiger partial charge is 0.433 e. The number of pyridine rings is 1. The van der Waals surface area contributed by atoms with Crippen LogP contribution in [0.2, 0.25) is 0 Å². The van der Waals surface area contributed by atoms with Gasteiger partial charge in [-0.15, -0.1) is 0 Å². The molecule has 1 N–H and O–H groups in total. The number of halogens is 9. The molecule has 1 unspecified atom stereocenters. The van der Waals surface area contributed by atoms with E-state index < -0.39 is 70.9 Å². The Morgan fingerprint density at radius 1 is 0.756 bits per heavy atom. The minimum absolute atomic E-state index is 0.172. The fraction of sp³-hybridized carbons (Fsp3) is 0.207. The Morgan fingerprint density at radius 2 is 1.37 bits per heavy atom. The molecule has 0 bridgehead atoms. The van der Waals surface area contributed by atoms with E-state index in [-0.39, 0.29) is 17.7 Å². The second-order valence-electron chi connectivity index (χ2n) is 8.92. The summed E-state index contributed by atoms with van der Waals surface area (Å²) >= 11 is 0. The summed E-state index contributed by atoms with van der Waals surface area (Å²) in [6, 6.07) is 15.0. The van der Waals surface area contributed by atoms with Crippen molar-refractivity contribution >= 4 is 0 Å². The van der Waals surface area contributed by atoms with Crippen LogP contribution in [0.5, 0.6) is 0 Å². The molecule has 12 heteroatoms. The fourth-order valence-electron chi connectivity index (χ4n) is 4.29. The molecular formula is C29H20F9NO2. The first kappa shape index (κ1) is 30.1. The zero-order valence-corrected chi connectivity index (χ0v) is 20.8. The molecule has 4 rings (SSSR count). The van der Waals surface area contributed by atoms with Gasteiger partial charge in [0.15, 0.2) is 5.69 Å². The van der Waals surface area contributed by atoms with Crippen LogP contribution in [0.1, 0.15) is 51.7 Å². The van der Waals surface area contributed by atoms with E-state index in [4.69, 9.17) is 4.74 Å². The number of hydrogen-bond acceptors (Lipinski definition) is 3. The van der Waals surface area contributed by atoms with Crippen LogP contribution >= 0.6 is 0 Å². The number of hydrogen-bond donors (Lipinski definition) is 1. The highest BCUT2D eigenvalue weighted by atomic mass is 19.4. The lowest BCUT2D eigenvalue weighted by molar-refractivity contribution is -0.143. The number of nitrogens with zero attached hydrogens (tertiary/aromatic N) is 1. The first-order valence-corrected chi connectivity index (χ1v) is 11.9. The Hall–Kier alpha value is -3.90. The Balaban J connectivity index is 1.96. The van der Waals surface area contributed by atoms with Gasteiger partial charge in [-0.2, -0.15) is 26.3 Å². The van der Waals surface area contributed by atoms with Crippen molar-refractivity contribution in [3.8, 4) is 11.1 Å². The molecule has 0 radical (unpaired) electrons. The maximum Gasteiger partial charge on any atom is 0.433 e. The summed E-state index contributed by atoms with van der Waals surface area (Å²) in [7, 11) is 0. The second-order valence-corrected chi connectivity index (χ2v) is 8.92. The lowest BCUT2D eigenvalue weighted by atomic mass is 9.87. The average Bonchev–Trinajstić information content (AvgIpc) is 2.92. The zero-order chi connectivity index (χ0) is 29.9. The maximum atomic E-state index is 14.3. The van der Waals surface area contributed by atoms with E-state index in [0.717, 1.165) is 36.4 Å². The molecule has 0 saturated heterocycles. The second kappa shape index (κ2) is 11.9. The van der Waals surface area contributed by atoms with Crippen LogP contribution in [0.3, 0.4) is 0 Å². The van der Waals surface area contributed by atoms with Crippen molar-refractivity contribution in [1.29, 1.82) is 0 Å². The van der Waals surface area contributed by atoms with Gasteiger partial charge < -0.3 is 9.84 Å². The third kappa shape index (κ3) is 6.88. The van der Waals surface area contributed by atoms with Gasteiger partial charge in [0.2, 0.25) is 0 Å². The van der Waals surface area contributed by atoms with Gasteiger partial charge in [-0.25, -0.2) is 18.2 Å². The van der Waals surface area contributed by atoms with Gasteiger partial charge in [-0.3, -0.25) is 0 Å². The van der Waals surface area contributed by atoms with Crippen molar-refractivity contribution in [3.05, 3.63) is 124 Å². The Kier molecular flexibility index (Phi) is 8.74. The van der Waals surface area contributed by atoms with Gasteiger partial charge in [-0.05, 0) is 46.5 Å². The molecule has 1 atom stereocenters. The van der Waals surface area contributed by atoms with E-state index in [1.165, 1.54) is 0 Å². The molecule has 0 aliphatic rings. The molecule has 1 aromatic heterocycles. The molecule has 0 aliphatic heterocycles. The van der Waals surface area contributed by atoms with Gasteiger partial charge in [0, 0.05) is 11.1 Å². The minimum atomic E-state index is -5.25. The van der Waals surface area contributed by atoms with Crippen LogP contribution in [-0.4, -0.2) is 10.1 Å². The lowest BCUT2D eigenvalue weighted by Crippen LogP contribution is -2.20. The number of aliphatic hydroxyl groups excluding tert-OH is 1. The molecular weight excluding hydrogens is 565 g/mol. The third-order valence-corrected chi connectivity index (χ3v) is 6.16. The van der Waals surface area contributed by atoms with E-state index in [9.17, 15) is 44.6 Å². The Bertz CT molecular complexity index is 1470. The summed E-state index contributed by atoms with van der Waals surface area (Å²) < 4.78 is 130. The predicted octanol–water partition coefficient (Wildman–Crippen LogP) is 8.66.